The van der Waals surface area contributed by atoms with Crippen molar-refractivity contribution < 1.29 is 13.2 Å². The van der Waals surface area contributed by atoms with Gasteiger partial charge in [0.1, 0.15) is 0 Å². The second-order valence-corrected chi connectivity index (χ2v) is 4.11. The molecule has 0 spiro atoms. The van der Waals surface area contributed by atoms with Crippen LogP contribution in [-0.4, -0.2) is 0 Å². The van der Waals surface area contributed by atoms with Crippen molar-refractivity contribution in [3.63, 3.8) is 0 Å². The van der Waals surface area contributed by atoms with Crippen LogP contribution in [-0.2, 0) is 6.18 Å². The van der Waals surface area contributed by atoms with Gasteiger partial charge in [0.2, 0.25) is 0 Å². The highest BCUT2D eigenvalue weighted by molar-refractivity contribution is 9.09. The van der Waals surface area contributed by atoms with Gasteiger partial charge in [0, 0.05) is 4.83 Å². The van der Waals surface area contributed by atoms with E-state index in [0.717, 1.165) is 12.1 Å². The van der Waals surface area contributed by atoms with Gasteiger partial charge in [0.15, 0.2) is 0 Å². The molecule has 1 aromatic rings. The summed E-state index contributed by atoms with van der Waals surface area (Å²) in [6.07, 6.45) is -4.25. The smallest absolute Gasteiger partial charge is 0.166 e. The molecule has 0 saturated carbocycles. The van der Waals surface area contributed by atoms with Gasteiger partial charge >= 0.3 is 6.18 Å². The van der Waals surface area contributed by atoms with Crippen LogP contribution in [0.4, 0.5) is 13.2 Å². The fourth-order valence-corrected chi connectivity index (χ4v) is 1.25. The SMILES string of the molecule is C[C@H](Br)c1cccc(C(F)(F)F)c1. The Hall–Kier alpha value is -0.510. The predicted octanol–water partition coefficient (Wildman–Crippen LogP) is 4.16. The van der Waals surface area contributed by atoms with Gasteiger partial charge in [-0.25, -0.2) is 0 Å². The van der Waals surface area contributed by atoms with Gasteiger partial charge < -0.3 is 0 Å². The summed E-state index contributed by atoms with van der Waals surface area (Å²) in [4.78, 5) is -0.0604. The van der Waals surface area contributed by atoms with Crippen molar-refractivity contribution in [3.8, 4) is 0 Å². The zero-order valence-electron chi connectivity index (χ0n) is 6.90. The van der Waals surface area contributed by atoms with Gasteiger partial charge in [-0.05, 0) is 18.6 Å². The highest BCUT2D eigenvalue weighted by Crippen LogP contribution is 2.32. The lowest BCUT2D eigenvalue weighted by Crippen LogP contribution is -2.05. The second kappa shape index (κ2) is 3.70. The lowest BCUT2D eigenvalue weighted by atomic mass is 10.1. The number of halogens is 4. The Morgan fingerprint density at radius 3 is 2.38 bits per heavy atom. The van der Waals surface area contributed by atoms with E-state index in [-0.39, 0.29) is 4.83 Å². The summed E-state index contributed by atoms with van der Waals surface area (Å²) < 4.78 is 36.6. The topological polar surface area (TPSA) is 0 Å². The van der Waals surface area contributed by atoms with E-state index in [2.05, 4.69) is 15.9 Å². The number of rotatable bonds is 1. The van der Waals surface area contributed by atoms with Gasteiger partial charge in [-0.2, -0.15) is 13.2 Å². The Balaban J connectivity index is 3.06. The lowest BCUT2D eigenvalue weighted by molar-refractivity contribution is -0.137. The summed E-state index contributed by atoms with van der Waals surface area (Å²) in [6.45, 7) is 1.79. The molecular weight excluding hydrogens is 245 g/mol. The molecule has 0 N–H and O–H groups in total. The molecule has 0 aliphatic heterocycles. The maximum absolute atomic E-state index is 12.2. The van der Waals surface area contributed by atoms with Crippen LogP contribution in [0.1, 0.15) is 22.9 Å². The third-order valence-corrected chi connectivity index (χ3v) is 2.20. The van der Waals surface area contributed by atoms with E-state index in [1.165, 1.54) is 6.07 Å². The van der Waals surface area contributed by atoms with E-state index < -0.39 is 11.7 Å². The highest BCUT2D eigenvalue weighted by atomic mass is 79.9. The van der Waals surface area contributed by atoms with Crippen LogP contribution in [0.5, 0.6) is 0 Å². The number of alkyl halides is 4. The van der Waals surface area contributed by atoms with Crippen LogP contribution < -0.4 is 0 Å². The molecule has 0 heterocycles. The molecular formula is C9H8BrF3. The van der Waals surface area contributed by atoms with E-state index in [1.807, 2.05) is 0 Å². The number of hydrogen-bond donors (Lipinski definition) is 0. The first-order valence-corrected chi connectivity index (χ1v) is 4.64. The van der Waals surface area contributed by atoms with Crippen molar-refractivity contribution in [2.24, 2.45) is 0 Å². The lowest BCUT2D eigenvalue weighted by Gasteiger charge is -2.09. The number of hydrogen-bond acceptors (Lipinski definition) is 0. The van der Waals surface area contributed by atoms with Crippen molar-refractivity contribution >= 4 is 15.9 Å². The molecule has 0 aliphatic rings. The summed E-state index contributed by atoms with van der Waals surface area (Å²) in [5, 5.41) is 0. The largest absolute Gasteiger partial charge is 0.416 e. The monoisotopic (exact) mass is 252 g/mol. The molecule has 72 valence electrons. The Bertz CT molecular complexity index is 291. The minimum Gasteiger partial charge on any atom is -0.166 e. The van der Waals surface area contributed by atoms with Crippen molar-refractivity contribution in [1.29, 1.82) is 0 Å². The van der Waals surface area contributed by atoms with Crippen LogP contribution >= 0.6 is 15.9 Å². The first-order valence-electron chi connectivity index (χ1n) is 3.72. The molecule has 0 fully saturated rings. The molecule has 0 saturated heterocycles. The Morgan fingerprint density at radius 1 is 1.31 bits per heavy atom. The van der Waals surface area contributed by atoms with Crippen LogP contribution in [0.2, 0.25) is 0 Å². The van der Waals surface area contributed by atoms with E-state index in [0.29, 0.717) is 5.56 Å². The van der Waals surface area contributed by atoms with Crippen molar-refractivity contribution in [1.82, 2.24) is 0 Å². The minimum absolute atomic E-state index is 0.0604. The van der Waals surface area contributed by atoms with Crippen molar-refractivity contribution in [3.05, 3.63) is 35.4 Å². The molecule has 1 atom stereocenters. The van der Waals surface area contributed by atoms with E-state index >= 15 is 0 Å². The molecule has 1 rings (SSSR count). The molecule has 0 amide bonds. The third-order valence-electron chi connectivity index (χ3n) is 1.67. The van der Waals surface area contributed by atoms with E-state index in [9.17, 15) is 13.2 Å². The van der Waals surface area contributed by atoms with Gasteiger partial charge in [0.05, 0.1) is 5.56 Å². The molecule has 1 aromatic carbocycles. The summed E-state index contributed by atoms with van der Waals surface area (Å²) in [7, 11) is 0. The maximum Gasteiger partial charge on any atom is 0.416 e. The van der Waals surface area contributed by atoms with Gasteiger partial charge in [-0.3, -0.25) is 0 Å². The average Bonchev–Trinajstić information content (AvgIpc) is 2.03. The maximum atomic E-state index is 12.2. The van der Waals surface area contributed by atoms with Gasteiger partial charge in [-0.15, -0.1) is 0 Å². The molecule has 0 aliphatic carbocycles. The summed E-state index contributed by atoms with van der Waals surface area (Å²) in [5.74, 6) is 0. The molecule has 13 heavy (non-hydrogen) atoms. The Kier molecular flexibility index (Phi) is 3.01. The molecule has 0 nitrogen and oxygen atoms in total. The van der Waals surface area contributed by atoms with Crippen LogP contribution in [0.25, 0.3) is 0 Å². The molecule has 0 radical (unpaired) electrons. The molecule has 0 unspecified atom stereocenters. The van der Waals surface area contributed by atoms with Crippen molar-refractivity contribution in [2.45, 2.75) is 17.9 Å². The fourth-order valence-electron chi connectivity index (χ4n) is 0.962. The zero-order valence-corrected chi connectivity index (χ0v) is 8.48. The van der Waals surface area contributed by atoms with E-state index in [4.69, 9.17) is 0 Å². The quantitative estimate of drug-likeness (QED) is 0.659. The summed E-state index contributed by atoms with van der Waals surface area (Å²) >= 11 is 3.22. The average molecular weight is 253 g/mol. The molecule has 0 aromatic heterocycles. The predicted molar refractivity (Wildman–Crippen MR) is 48.8 cm³/mol. The fraction of sp³-hybridized carbons (Fsp3) is 0.333. The van der Waals surface area contributed by atoms with Gasteiger partial charge in [0.25, 0.3) is 0 Å². The first kappa shape index (κ1) is 10.6. The van der Waals surface area contributed by atoms with Crippen LogP contribution in [0.3, 0.4) is 0 Å². The normalized spacial score (nSPS) is 14.2. The minimum atomic E-state index is -4.25. The van der Waals surface area contributed by atoms with Crippen LogP contribution in [0, 0.1) is 0 Å². The van der Waals surface area contributed by atoms with Gasteiger partial charge in [-0.1, -0.05) is 34.1 Å². The third kappa shape index (κ3) is 2.72. The first-order chi connectivity index (χ1) is 5.91. The van der Waals surface area contributed by atoms with E-state index in [1.54, 1.807) is 13.0 Å². The molecule has 4 heteroatoms. The zero-order chi connectivity index (χ0) is 10.1. The standard InChI is InChI=1S/C9H8BrF3/c1-6(10)7-3-2-4-8(5-7)9(11,12)13/h2-6H,1H3/t6-/m0/s1. The number of benzene rings is 1. The summed E-state index contributed by atoms with van der Waals surface area (Å²) in [5.41, 5.74) is 0.0334. The highest BCUT2D eigenvalue weighted by Gasteiger charge is 2.30. The van der Waals surface area contributed by atoms with Crippen LogP contribution in [0.15, 0.2) is 24.3 Å². The molecule has 0 bridgehead atoms. The Morgan fingerprint density at radius 2 is 1.92 bits per heavy atom. The summed E-state index contributed by atoms with van der Waals surface area (Å²) in [6, 6.07) is 5.29. The second-order valence-electron chi connectivity index (χ2n) is 2.74. The Labute approximate surface area is 82.9 Å². The van der Waals surface area contributed by atoms with Crippen molar-refractivity contribution in [2.75, 3.05) is 0 Å².